The van der Waals surface area contributed by atoms with Gasteiger partial charge in [-0.3, -0.25) is 4.79 Å². The highest BCUT2D eigenvalue weighted by Gasteiger charge is 2.51. The Kier molecular flexibility index (Phi) is 4.88. The van der Waals surface area contributed by atoms with Crippen LogP contribution in [0.2, 0.25) is 0 Å². The molecular weight excluding hydrogens is 258 g/mol. The first-order chi connectivity index (χ1) is 9.23. The third-order valence-corrected chi connectivity index (χ3v) is 4.73. The molecule has 1 aromatic carbocycles. The van der Waals surface area contributed by atoms with Gasteiger partial charge in [-0.1, -0.05) is 25.1 Å². The first-order valence-corrected chi connectivity index (χ1v) is 7.72. The molecule has 3 nitrogen and oxygen atoms in total. The Bertz CT molecular complexity index is 419. The van der Waals surface area contributed by atoms with Gasteiger partial charge in [-0.25, -0.2) is 0 Å². The average molecular weight is 279 g/mol. The molecule has 0 heterocycles. The Morgan fingerprint density at radius 1 is 1.42 bits per heavy atom. The SMILES string of the molecule is CCNC(CSc1ccccc1)(C(=O)OC)C1CC1. The molecule has 2 rings (SSSR count). The van der Waals surface area contributed by atoms with Crippen molar-refractivity contribution < 1.29 is 9.53 Å². The Hall–Kier alpha value is -1.00. The Morgan fingerprint density at radius 2 is 2.11 bits per heavy atom. The second-order valence-corrected chi connectivity index (χ2v) is 5.92. The highest BCUT2D eigenvalue weighted by Crippen LogP contribution is 2.43. The lowest BCUT2D eigenvalue weighted by molar-refractivity contribution is -0.148. The summed E-state index contributed by atoms with van der Waals surface area (Å²) in [5.74, 6) is 1.01. The number of hydrogen-bond acceptors (Lipinski definition) is 4. The summed E-state index contributed by atoms with van der Waals surface area (Å²) >= 11 is 1.72. The van der Waals surface area contributed by atoms with Gasteiger partial charge in [-0.05, 0) is 37.4 Å². The lowest BCUT2D eigenvalue weighted by atomic mass is 9.95. The second-order valence-electron chi connectivity index (χ2n) is 4.87. The van der Waals surface area contributed by atoms with Crippen molar-refractivity contribution in [1.82, 2.24) is 5.32 Å². The normalized spacial score (nSPS) is 17.8. The van der Waals surface area contributed by atoms with Crippen molar-refractivity contribution in [2.75, 3.05) is 19.4 Å². The number of carbonyl (C=O) groups excluding carboxylic acids is 1. The average Bonchev–Trinajstić information content (AvgIpc) is 3.28. The predicted octanol–water partition coefficient (Wildman–Crippen LogP) is 2.71. The number of methoxy groups -OCH3 is 1. The molecule has 19 heavy (non-hydrogen) atoms. The van der Waals surface area contributed by atoms with Crippen molar-refractivity contribution in [2.24, 2.45) is 5.92 Å². The third-order valence-electron chi connectivity index (χ3n) is 3.53. The molecule has 1 N–H and O–H groups in total. The van der Waals surface area contributed by atoms with E-state index in [0.29, 0.717) is 5.92 Å². The number of carbonyl (C=O) groups is 1. The van der Waals surface area contributed by atoms with Gasteiger partial charge in [0.1, 0.15) is 5.54 Å². The molecule has 0 aliphatic heterocycles. The van der Waals surface area contributed by atoms with Crippen LogP contribution in [0.1, 0.15) is 19.8 Å². The third kappa shape index (κ3) is 3.31. The van der Waals surface area contributed by atoms with E-state index in [1.54, 1.807) is 11.8 Å². The summed E-state index contributed by atoms with van der Waals surface area (Å²) in [5, 5.41) is 3.38. The van der Waals surface area contributed by atoms with E-state index in [0.717, 1.165) is 25.1 Å². The van der Waals surface area contributed by atoms with Gasteiger partial charge in [0.25, 0.3) is 0 Å². The molecule has 4 heteroatoms. The Morgan fingerprint density at radius 3 is 2.63 bits per heavy atom. The van der Waals surface area contributed by atoms with Crippen LogP contribution in [0, 0.1) is 5.92 Å². The predicted molar refractivity (Wildman–Crippen MR) is 78.3 cm³/mol. The number of rotatable bonds is 7. The van der Waals surface area contributed by atoms with Gasteiger partial charge in [0.15, 0.2) is 0 Å². The molecule has 1 aliphatic carbocycles. The number of hydrogen-bond donors (Lipinski definition) is 1. The van der Waals surface area contributed by atoms with Crippen molar-refractivity contribution in [1.29, 1.82) is 0 Å². The lowest BCUT2D eigenvalue weighted by Gasteiger charge is -2.31. The topological polar surface area (TPSA) is 38.3 Å². The van der Waals surface area contributed by atoms with Crippen LogP contribution in [0.4, 0.5) is 0 Å². The van der Waals surface area contributed by atoms with E-state index in [-0.39, 0.29) is 5.97 Å². The molecule has 1 atom stereocenters. The molecule has 0 spiro atoms. The van der Waals surface area contributed by atoms with E-state index in [9.17, 15) is 4.79 Å². The van der Waals surface area contributed by atoms with Crippen molar-refractivity contribution in [2.45, 2.75) is 30.2 Å². The van der Waals surface area contributed by atoms with Crippen molar-refractivity contribution in [3.8, 4) is 0 Å². The molecule has 0 radical (unpaired) electrons. The van der Waals surface area contributed by atoms with E-state index < -0.39 is 5.54 Å². The van der Waals surface area contributed by atoms with Gasteiger partial charge < -0.3 is 10.1 Å². The summed E-state index contributed by atoms with van der Waals surface area (Å²) in [5.41, 5.74) is -0.524. The van der Waals surface area contributed by atoms with Crippen molar-refractivity contribution >= 4 is 17.7 Å². The molecule has 1 fully saturated rings. The molecule has 1 unspecified atom stereocenters. The highest BCUT2D eigenvalue weighted by atomic mass is 32.2. The van der Waals surface area contributed by atoms with Crippen molar-refractivity contribution in [3.63, 3.8) is 0 Å². The van der Waals surface area contributed by atoms with Crippen LogP contribution < -0.4 is 5.32 Å². The molecule has 1 aromatic rings. The minimum absolute atomic E-state index is 0.125. The number of nitrogens with one attached hydrogen (secondary N) is 1. The molecule has 1 aliphatic rings. The molecule has 1 saturated carbocycles. The van der Waals surface area contributed by atoms with Crippen LogP contribution in [-0.4, -0.2) is 30.9 Å². The fraction of sp³-hybridized carbons (Fsp3) is 0.533. The molecule has 0 saturated heterocycles. The van der Waals surface area contributed by atoms with E-state index in [4.69, 9.17) is 4.74 Å². The quantitative estimate of drug-likeness (QED) is 0.615. The first kappa shape index (κ1) is 14.4. The van der Waals surface area contributed by atoms with Gasteiger partial charge in [-0.2, -0.15) is 0 Å². The monoisotopic (exact) mass is 279 g/mol. The van der Waals surface area contributed by atoms with Crippen LogP contribution in [0.3, 0.4) is 0 Å². The van der Waals surface area contributed by atoms with E-state index in [2.05, 4.69) is 17.4 Å². The van der Waals surface area contributed by atoms with Gasteiger partial charge in [0.2, 0.25) is 0 Å². The fourth-order valence-corrected chi connectivity index (χ4v) is 3.60. The summed E-state index contributed by atoms with van der Waals surface area (Å²) in [6.07, 6.45) is 2.22. The molecular formula is C15H21NO2S. The zero-order chi connectivity index (χ0) is 13.7. The maximum Gasteiger partial charge on any atom is 0.327 e. The summed E-state index contributed by atoms with van der Waals surface area (Å²) in [6.45, 7) is 2.81. The number of thioether (sulfide) groups is 1. The Balaban J connectivity index is 2.10. The second kappa shape index (κ2) is 6.44. The number of likely N-dealkylation sites (N-methyl/N-ethyl adjacent to an activating group) is 1. The zero-order valence-corrected chi connectivity index (χ0v) is 12.3. The van der Waals surface area contributed by atoms with E-state index in [1.165, 1.54) is 12.0 Å². The van der Waals surface area contributed by atoms with Gasteiger partial charge >= 0.3 is 5.97 Å². The largest absolute Gasteiger partial charge is 0.468 e. The summed E-state index contributed by atoms with van der Waals surface area (Å²) in [4.78, 5) is 13.4. The maximum atomic E-state index is 12.2. The van der Waals surface area contributed by atoms with Crippen LogP contribution >= 0.6 is 11.8 Å². The maximum absolute atomic E-state index is 12.2. The smallest absolute Gasteiger partial charge is 0.327 e. The summed E-state index contributed by atoms with van der Waals surface area (Å²) < 4.78 is 5.04. The Labute approximate surface area is 119 Å². The van der Waals surface area contributed by atoms with Gasteiger partial charge in [0.05, 0.1) is 7.11 Å². The minimum atomic E-state index is -0.524. The van der Waals surface area contributed by atoms with Crippen LogP contribution in [0.15, 0.2) is 35.2 Å². The number of esters is 1. The lowest BCUT2D eigenvalue weighted by Crippen LogP contribution is -2.56. The number of benzene rings is 1. The summed E-state index contributed by atoms with van der Waals surface area (Å²) in [6, 6.07) is 10.2. The minimum Gasteiger partial charge on any atom is -0.468 e. The van der Waals surface area contributed by atoms with Crippen LogP contribution in [0.25, 0.3) is 0 Å². The van der Waals surface area contributed by atoms with Gasteiger partial charge in [0, 0.05) is 10.6 Å². The number of ether oxygens (including phenoxy) is 1. The van der Waals surface area contributed by atoms with E-state index >= 15 is 0 Å². The molecule has 104 valence electrons. The standard InChI is InChI=1S/C15H21NO2S/c1-3-16-15(12-9-10-12,14(17)18-2)11-19-13-7-5-4-6-8-13/h4-8,12,16H,3,9-11H2,1-2H3. The molecule has 0 aromatic heterocycles. The fourth-order valence-electron chi connectivity index (χ4n) is 2.40. The van der Waals surface area contributed by atoms with Crippen LogP contribution in [-0.2, 0) is 9.53 Å². The zero-order valence-electron chi connectivity index (χ0n) is 11.5. The van der Waals surface area contributed by atoms with Crippen molar-refractivity contribution in [3.05, 3.63) is 30.3 Å². The first-order valence-electron chi connectivity index (χ1n) is 6.74. The highest BCUT2D eigenvalue weighted by molar-refractivity contribution is 7.99. The van der Waals surface area contributed by atoms with Gasteiger partial charge in [-0.15, -0.1) is 11.8 Å². The molecule has 0 bridgehead atoms. The molecule has 0 amide bonds. The van der Waals surface area contributed by atoms with E-state index in [1.807, 2.05) is 25.1 Å². The van der Waals surface area contributed by atoms with Crippen LogP contribution in [0.5, 0.6) is 0 Å². The summed E-state index contributed by atoms with van der Waals surface area (Å²) in [7, 11) is 1.48.